The minimum atomic E-state index is 0. The van der Waals surface area contributed by atoms with Gasteiger partial charge >= 0.3 is 0 Å². The zero-order chi connectivity index (χ0) is 11.8. The van der Waals surface area contributed by atoms with Crippen LogP contribution < -0.4 is 5.32 Å². The molecule has 4 heteroatoms. The van der Waals surface area contributed by atoms with Crippen LogP contribution in [-0.4, -0.2) is 37.0 Å². The molecule has 1 N–H and O–H groups in total. The van der Waals surface area contributed by atoms with E-state index in [-0.39, 0.29) is 18.3 Å². The molecule has 0 bridgehead atoms. The van der Waals surface area contributed by atoms with Gasteiger partial charge in [-0.3, -0.25) is 4.79 Å². The lowest BCUT2D eigenvalue weighted by Crippen LogP contribution is -2.34. The molecule has 102 valence electrons. The molecule has 1 rings (SSSR count). The average molecular weight is 263 g/mol. The molecule has 1 amide bonds. The van der Waals surface area contributed by atoms with Gasteiger partial charge in [0.2, 0.25) is 5.91 Å². The zero-order valence-electron chi connectivity index (χ0n) is 11.2. The number of carbonyl (C=O) groups is 1. The Bertz CT molecular complexity index is 204. The molecule has 1 aliphatic rings. The summed E-state index contributed by atoms with van der Waals surface area (Å²) in [6.07, 6.45) is 5.70. The molecular formula is C13H27ClN2O. The van der Waals surface area contributed by atoms with Gasteiger partial charge in [0.15, 0.2) is 0 Å². The van der Waals surface area contributed by atoms with Crippen LogP contribution in [0.4, 0.5) is 0 Å². The first kappa shape index (κ1) is 16.7. The molecule has 3 nitrogen and oxygen atoms in total. The maximum absolute atomic E-state index is 11.5. The summed E-state index contributed by atoms with van der Waals surface area (Å²) >= 11 is 0. The van der Waals surface area contributed by atoms with E-state index >= 15 is 0 Å². The predicted molar refractivity (Wildman–Crippen MR) is 74.6 cm³/mol. The summed E-state index contributed by atoms with van der Waals surface area (Å²) < 4.78 is 0. The monoisotopic (exact) mass is 262 g/mol. The van der Waals surface area contributed by atoms with Gasteiger partial charge in [-0.2, -0.15) is 0 Å². The third-order valence-corrected chi connectivity index (χ3v) is 3.15. The van der Waals surface area contributed by atoms with E-state index in [4.69, 9.17) is 0 Å². The van der Waals surface area contributed by atoms with Gasteiger partial charge < -0.3 is 10.2 Å². The highest BCUT2D eigenvalue weighted by Gasteiger charge is 2.11. The maximum atomic E-state index is 11.5. The van der Waals surface area contributed by atoms with Gasteiger partial charge in [-0.15, -0.1) is 12.4 Å². The smallest absolute Gasteiger partial charge is 0.221 e. The minimum Gasteiger partial charge on any atom is -0.356 e. The largest absolute Gasteiger partial charge is 0.356 e. The number of nitrogens with zero attached hydrogens (tertiary/aromatic N) is 1. The highest BCUT2D eigenvalue weighted by molar-refractivity contribution is 5.85. The summed E-state index contributed by atoms with van der Waals surface area (Å²) in [4.78, 5) is 13.9. The van der Waals surface area contributed by atoms with E-state index in [1.54, 1.807) is 0 Å². The quantitative estimate of drug-likeness (QED) is 0.798. The highest BCUT2D eigenvalue weighted by atomic mass is 35.5. The molecule has 0 saturated carbocycles. The summed E-state index contributed by atoms with van der Waals surface area (Å²) in [7, 11) is 0. The fourth-order valence-corrected chi connectivity index (χ4v) is 2.03. The number of likely N-dealkylation sites (tertiary alicyclic amines) is 1. The van der Waals surface area contributed by atoms with Crippen molar-refractivity contribution in [1.82, 2.24) is 10.2 Å². The number of carbonyl (C=O) groups excluding carboxylic acids is 1. The van der Waals surface area contributed by atoms with Crippen LogP contribution in [0.15, 0.2) is 0 Å². The SMILES string of the molecule is CC(C)CCNC(=O)CCN1CCCCC1.Cl. The number of piperidine rings is 1. The Hall–Kier alpha value is -0.280. The van der Waals surface area contributed by atoms with E-state index in [2.05, 4.69) is 24.1 Å². The summed E-state index contributed by atoms with van der Waals surface area (Å²) in [5.74, 6) is 0.883. The fourth-order valence-electron chi connectivity index (χ4n) is 2.03. The number of rotatable bonds is 6. The first-order valence-corrected chi connectivity index (χ1v) is 6.67. The second-order valence-electron chi connectivity index (χ2n) is 5.18. The Labute approximate surface area is 112 Å². The normalized spacial score (nSPS) is 16.6. The van der Waals surface area contributed by atoms with E-state index in [1.807, 2.05) is 0 Å². The second kappa shape index (κ2) is 9.72. The van der Waals surface area contributed by atoms with Crippen molar-refractivity contribution in [2.75, 3.05) is 26.2 Å². The maximum Gasteiger partial charge on any atom is 0.221 e. The van der Waals surface area contributed by atoms with Gasteiger partial charge in [-0.05, 0) is 38.3 Å². The third kappa shape index (κ3) is 8.44. The van der Waals surface area contributed by atoms with E-state index in [9.17, 15) is 4.79 Å². The van der Waals surface area contributed by atoms with Crippen LogP contribution in [0.5, 0.6) is 0 Å². The van der Waals surface area contributed by atoms with Gasteiger partial charge in [0.1, 0.15) is 0 Å². The number of halogens is 1. The number of hydrogen-bond donors (Lipinski definition) is 1. The Morgan fingerprint density at radius 3 is 2.47 bits per heavy atom. The van der Waals surface area contributed by atoms with Crippen molar-refractivity contribution >= 4 is 18.3 Å². The van der Waals surface area contributed by atoms with Crippen molar-refractivity contribution in [2.24, 2.45) is 5.92 Å². The molecule has 0 aromatic heterocycles. The van der Waals surface area contributed by atoms with Crippen LogP contribution in [0.25, 0.3) is 0 Å². The predicted octanol–water partition coefficient (Wildman–Crippen LogP) is 2.45. The van der Waals surface area contributed by atoms with E-state index in [0.29, 0.717) is 12.3 Å². The van der Waals surface area contributed by atoms with Gasteiger partial charge in [0.05, 0.1) is 0 Å². The highest BCUT2D eigenvalue weighted by Crippen LogP contribution is 2.08. The summed E-state index contributed by atoms with van der Waals surface area (Å²) in [6, 6.07) is 0. The van der Waals surface area contributed by atoms with Crippen molar-refractivity contribution in [3.63, 3.8) is 0 Å². The topological polar surface area (TPSA) is 32.3 Å². The molecule has 0 radical (unpaired) electrons. The minimum absolute atomic E-state index is 0. The molecule has 0 atom stereocenters. The van der Waals surface area contributed by atoms with Crippen molar-refractivity contribution in [1.29, 1.82) is 0 Å². The Morgan fingerprint density at radius 2 is 1.88 bits per heavy atom. The van der Waals surface area contributed by atoms with Crippen LogP contribution in [0, 0.1) is 5.92 Å². The van der Waals surface area contributed by atoms with Crippen LogP contribution in [0.1, 0.15) is 46.0 Å². The molecule has 0 aromatic carbocycles. The Kier molecular flexibility index (Phi) is 9.56. The molecule has 17 heavy (non-hydrogen) atoms. The first-order valence-electron chi connectivity index (χ1n) is 6.67. The molecule has 0 aliphatic carbocycles. The van der Waals surface area contributed by atoms with Crippen molar-refractivity contribution < 1.29 is 4.79 Å². The van der Waals surface area contributed by atoms with Crippen LogP contribution >= 0.6 is 12.4 Å². The Balaban J connectivity index is 0.00000256. The summed E-state index contributed by atoms with van der Waals surface area (Å²) in [5, 5.41) is 2.99. The molecular weight excluding hydrogens is 236 g/mol. The third-order valence-electron chi connectivity index (χ3n) is 3.15. The van der Waals surface area contributed by atoms with Crippen molar-refractivity contribution in [2.45, 2.75) is 46.0 Å². The average Bonchev–Trinajstić information content (AvgIpc) is 2.27. The lowest BCUT2D eigenvalue weighted by Gasteiger charge is -2.25. The molecule has 0 aromatic rings. The number of amides is 1. The second-order valence-corrected chi connectivity index (χ2v) is 5.18. The first-order chi connectivity index (χ1) is 7.68. The Morgan fingerprint density at radius 1 is 1.24 bits per heavy atom. The molecule has 1 aliphatic heterocycles. The molecule has 1 fully saturated rings. The van der Waals surface area contributed by atoms with E-state index in [0.717, 1.165) is 19.5 Å². The van der Waals surface area contributed by atoms with Gasteiger partial charge in [-0.1, -0.05) is 20.3 Å². The van der Waals surface area contributed by atoms with Gasteiger partial charge in [0, 0.05) is 19.5 Å². The van der Waals surface area contributed by atoms with Crippen LogP contribution in [0.3, 0.4) is 0 Å². The molecule has 0 spiro atoms. The standard InChI is InChI=1S/C13H26N2O.ClH/c1-12(2)6-8-14-13(16)7-11-15-9-4-3-5-10-15;/h12H,3-11H2,1-2H3,(H,14,16);1H. The van der Waals surface area contributed by atoms with Gasteiger partial charge in [0.25, 0.3) is 0 Å². The molecule has 1 saturated heterocycles. The molecule has 0 unspecified atom stereocenters. The van der Waals surface area contributed by atoms with Crippen molar-refractivity contribution in [3.05, 3.63) is 0 Å². The number of hydrogen-bond acceptors (Lipinski definition) is 2. The zero-order valence-corrected chi connectivity index (χ0v) is 12.0. The lowest BCUT2D eigenvalue weighted by atomic mass is 10.1. The van der Waals surface area contributed by atoms with E-state index < -0.39 is 0 Å². The summed E-state index contributed by atoms with van der Waals surface area (Å²) in [6.45, 7) is 8.49. The van der Waals surface area contributed by atoms with Gasteiger partial charge in [-0.25, -0.2) is 0 Å². The number of nitrogens with one attached hydrogen (secondary N) is 1. The van der Waals surface area contributed by atoms with Crippen LogP contribution in [-0.2, 0) is 4.79 Å². The van der Waals surface area contributed by atoms with Crippen LogP contribution in [0.2, 0.25) is 0 Å². The van der Waals surface area contributed by atoms with Crippen molar-refractivity contribution in [3.8, 4) is 0 Å². The lowest BCUT2D eigenvalue weighted by molar-refractivity contribution is -0.121. The van der Waals surface area contributed by atoms with E-state index in [1.165, 1.54) is 32.4 Å². The summed E-state index contributed by atoms with van der Waals surface area (Å²) in [5.41, 5.74) is 0. The fraction of sp³-hybridized carbons (Fsp3) is 0.923. The molecule has 1 heterocycles.